The number of hydrogen-bond acceptors (Lipinski definition) is 4. The maximum atomic E-state index is 11.9. The molecule has 0 aliphatic carbocycles. The van der Waals surface area contributed by atoms with Crippen molar-refractivity contribution in [1.29, 1.82) is 0 Å². The van der Waals surface area contributed by atoms with Gasteiger partial charge in [-0.05, 0) is 17.5 Å². The maximum Gasteiger partial charge on any atom is 0.231 e. The third-order valence-corrected chi connectivity index (χ3v) is 3.86. The zero-order chi connectivity index (χ0) is 17.3. The Morgan fingerprint density at radius 1 is 0.920 bits per heavy atom. The van der Waals surface area contributed by atoms with Crippen molar-refractivity contribution in [2.24, 2.45) is 0 Å². The third kappa shape index (κ3) is 5.57. The second kappa shape index (κ2) is 8.78. The van der Waals surface area contributed by atoms with Crippen LogP contribution in [0.5, 0.6) is 0 Å². The van der Waals surface area contributed by atoms with Gasteiger partial charge in [0.1, 0.15) is 0 Å². The van der Waals surface area contributed by atoms with Gasteiger partial charge in [0.05, 0.1) is 6.42 Å². The Balaban J connectivity index is 1.38. The monoisotopic (exact) mass is 335 g/mol. The van der Waals surface area contributed by atoms with Gasteiger partial charge in [0.15, 0.2) is 5.82 Å². The average Bonchev–Trinajstić information content (AvgIpc) is 3.09. The van der Waals surface area contributed by atoms with E-state index in [4.69, 9.17) is 4.52 Å². The lowest BCUT2D eigenvalue weighted by Crippen LogP contribution is -2.26. The summed E-state index contributed by atoms with van der Waals surface area (Å²) >= 11 is 0. The third-order valence-electron chi connectivity index (χ3n) is 3.86. The van der Waals surface area contributed by atoms with Crippen LogP contribution in [-0.2, 0) is 24.1 Å². The molecule has 0 atom stereocenters. The first-order chi connectivity index (χ1) is 12.3. The highest BCUT2D eigenvalue weighted by atomic mass is 16.5. The van der Waals surface area contributed by atoms with E-state index < -0.39 is 0 Å². The van der Waals surface area contributed by atoms with Crippen LogP contribution in [0.2, 0.25) is 0 Å². The van der Waals surface area contributed by atoms with Crippen molar-refractivity contribution >= 4 is 5.91 Å². The molecule has 1 N–H and O–H groups in total. The minimum Gasteiger partial charge on any atom is -0.356 e. The molecule has 0 spiro atoms. The van der Waals surface area contributed by atoms with Crippen LogP contribution in [0.4, 0.5) is 0 Å². The van der Waals surface area contributed by atoms with Crippen LogP contribution in [0.25, 0.3) is 0 Å². The quantitative estimate of drug-likeness (QED) is 0.687. The molecule has 0 bridgehead atoms. The Hall–Kier alpha value is -2.95. The van der Waals surface area contributed by atoms with E-state index in [1.807, 2.05) is 60.7 Å². The fourth-order valence-electron chi connectivity index (χ4n) is 2.54. The molecule has 0 saturated heterocycles. The molecule has 0 radical (unpaired) electrons. The van der Waals surface area contributed by atoms with Crippen LogP contribution in [0.15, 0.2) is 65.2 Å². The Morgan fingerprint density at radius 3 is 2.32 bits per heavy atom. The largest absolute Gasteiger partial charge is 0.356 e. The molecule has 128 valence electrons. The summed E-state index contributed by atoms with van der Waals surface area (Å²) in [7, 11) is 0. The van der Waals surface area contributed by atoms with Crippen molar-refractivity contribution in [3.05, 3.63) is 83.5 Å². The topological polar surface area (TPSA) is 68.0 Å². The lowest BCUT2D eigenvalue weighted by atomic mass is 10.1. The number of hydrogen-bond donors (Lipinski definition) is 1. The van der Waals surface area contributed by atoms with E-state index in [0.717, 1.165) is 12.0 Å². The molecule has 5 nitrogen and oxygen atoms in total. The molecular weight excluding hydrogens is 314 g/mol. The molecular formula is C20H21N3O2. The number of aromatic nitrogens is 2. The average molecular weight is 335 g/mol. The van der Waals surface area contributed by atoms with E-state index >= 15 is 0 Å². The summed E-state index contributed by atoms with van der Waals surface area (Å²) in [6.07, 6.45) is 2.41. The SMILES string of the molecule is O=C(CCc1ccccc1)NCCc1noc(Cc2ccccc2)n1. The number of rotatable bonds is 8. The number of carbonyl (C=O) groups is 1. The number of benzene rings is 2. The summed E-state index contributed by atoms with van der Waals surface area (Å²) in [5, 5.41) is 6.87. The highest BCUT2D eigenvalue weighted by Crippen LogP contribution is 2.07. The molecule has 0 aliphatic heterocycles. The van der Waals surface area contributed by atoms with E-state index in [0.29, 0.717) is 37.5 Å². The fourth-order valence-corrected chi connectivity index (χ4v) is 2.54. The number of nitrogens with zero attached hydrogens (tertiary/aromatic N) is 2. The lowest BCUT2D eigenvalue weighted by Gasteiger charge is -2.03. The molecule has 0 fully saturated rings. The maximum absolute atomic E-state index is 11.9. The Morgan fingerprint density at radius 2 is 1.60 bits per heavy atom. The predicted molar refractivity (Wildman–Crippen MR) is 95.0 cm³/mol. The number of amides is 1. The van der Waals surface area contributed by atoms with Gasteiger partial charge in [0.25, 0.3) is 0 Å². The van der Waals surface area contributed by atoms with Gasteiger partial charge in [-0.2, -0.15) is 4.98 Å². The predicted octanol–water partition coefficient (Wildman–Crippen LogP) is 2.95. The minimum absolute atomic E-state index is 0.0388. The molecule has 3 rings (SSSR count). The van der Waals surface area contributed by atoms with Gasteiger partial charge in [-0.1, -0.05) is 65.8 Å². The van der Waals surface area contributed by atoms with Gasteiger partial charge in [-0.3, -0.25) is 4.79 Å². The van der Waals surface area contributed by atoms with Gasteiger partial charge in [0.2, 0.25) is 11.8 Å². The molecule has 1 heterocycles. The molecule has 1 amide bonds. The molecule has 0 saturated carbocycles. The first kappa shape index (κ1) is 16.9. The van der Waals surface area contributed by atoms with Crippen LogP contribution < -0.4 is 5.32 Å². The summed E-state index contributed by atoms with van der Waals surface area (Å²) in [5.74, 6) is 1.25. The van der Waals surface area contributed by atoms with E-state index in [-0.39, 0.29) is 5.91 Å². The summed E-state index contributed by atoms with van der Waals surface area (Å²) < 4.78 is 5.26. The summed E-state index contributed by atoms with van der Waals surface area (Å²) in [6.45, 7) is 0.512. The van der Waals surface area contributed by atoms with Gasteiger partial charge in [-0.15, -0.1) is 0 Å². The minimum atomic E-state index is 0.0388. The standard InChI is InChI=1S/C20H21N3O2/c24-19(12-11-16-7-3-1-4-8-16)21-14-13-18-22-20(25-23-18)15-17-9-5-2-6-10-17/h1-10H,11-15H2,(H,21,24). The molecule has 1 aromatic heterocycles. The van der Waals surface area contributed by atoms with Gasteiger partial charge in [-0.25, -0.2) is 0 Å². The molecule has 0 unspecified atom stereocenters. The summed E-state index contributed by atoms with van der Waals surface area (Å²) in [4.78, 5) is 16.2. The van der Waals surface area contributed by atoms with Crippen molar-refractivity contribution in [3.63, 3.8) is 0 Å². The summed E-state index contributed by atoms with van der Waals surface area (Å²) in [5.41, 5.74) is 2.30. The smallest absolute Gasteiger partial charge is 0.231 e. The van der Waals surface area contributed by atoms with E-state index in [1.165, 1.54) is 5.56 Å². The van der Waals surface area contributed by atoms with Crippen LogP contribution in [0.3, 0.4) is 0 Å². The van der Waals surface area contributed by atoms with Crippen LogP contribution in [-0.4, -0.2) is 22.6 Å². The second-order valence-electron chi connectivity index (χ2n) is 5.85. The van der Waals surface area contributed by atoms with Crippen molar-refractivity contribution in [1.82, 2.24) is 15.5 Å². The van der Waals surface area contributed by atoms with Gasteiger partial charge < -0.3 is 9.84 Å². The van der Waals surface area contributed by atoms with Crippen molar-refractivity contribution in [2.45, 2.75) is 25.7 Å². The molecule has 2 aromatic carbocycles. The van der Waals surface area contributed by atoms with E-state index in [2.05, 4.69) is 15.5 Å². The van der Waals surface area contributed by atoms with Crippen molar-refractivity contribution in [3.8, 4) is 0 Å². The molecule has 5 heteroatoms. The van der Waals surface area contributed by atoms with Gasteiger partial charge >= 0.3 is 0 Å². The van der Waals surface area contributed by atoms with Crippen LogP contribution >= 0.6 is 0 Å². The second-order valence-corrected chi connectivity index (χ2v) is 5.85. The number of aryl methyl sites for hydroxylation is 1. The van der Waals surface area contributed by atoms with Crippen LogP contribution in [0.1, 0.15) is 29.3 Å². The number of carbonyl (C=O) groups excluding carboxylic acids is 1. The first-order valence-corrected chi connectivity index (χ1v) is 8.45. The molecule has 0 aliphatic rings. The Bertz CT molecular complexity index is 785. The fraction of sp³-hybridized carbons (Fsp3) is 0.250. The molecule has 25 heavy (non-hydrogen) atoms. The van der Waals surface area contributed by atoms with Gasteiger partial charge in [0, 0.05) is 19.4 Å². The highest BCUT2D eigenvalue weighted by molar-refractivity contribution is 5.76. The van der Waals surface area contributed by atoms with E-state index in [9.17, 15) is 4.79 Å². The zero-order valence-electron chi connectivity index (χ0n) is 14.0. The summed E-state index contributed by atoms with van der Waals surface area (Å²) in [6, 6.07) is 20.0. The van der Waals surface area contributed by atoms with Crippen LogP contribution in [0, 0.1) is 0 Å². The van der Waals surface area contributed by atoms with Crippen molar-refractivity contribution in [2.75, 3.05) is 6.54 Å². The lowest BCUT2D eigenvalue weighted by molar-refractivity contribution is -0.121. The number of nitrogens with one attached hydrogen (secondary N) is 1. The Kier molecular flexibility index (Phi) is 5.93. The highest BCUT2D eigenvalue weighted by Gasteiger charge is 2.08. The van der Waals surface area contributed by atoms with Crippen molar-refractivity contribution < 1.29 is 9.32 Å². The first-order valence-electron chi connectivity index (χ1n) is 8.45. The molecule has 3 aromatic rings. The van der Waals surface area contributed by atoms with E-state index in [1.54, 1.807) is 0 Å². The zero-order valence-corrected chi connectivity index (χ0v) is 14.0. The normalized spacial score (nSPS) is 10.6. The Labute approximate surface area is 147 Å².